The molecule has 3 aliphatic rings. The number of hydrogen-bond acceptors (Lipinski definition) is 6. The van der Waals surface area contributed by atoms with Gasteiger partial charge in [0.2, 0.25) is 5.91 Å². The summed E-state index contributed by atoms with van der Waals surface area (Å²) < 4.78 is 23.3. The molecule has 0 aromatic carbocycles. The van der Waals surface area contributed by atoms with E-state index in [0.29, 0.717) is 25.4 Å². The van der Waals surface area contributed by atoms with Gasteiger partial charge in [0.15, 0.2) is 9.84 Å². The van der Waals surface area contributed by atoms with Crippen LogP contribution in [0.2, 0.25) is 0 Å². The molecule has 3 saturated heterocycles. The number of amides is 1. The zero-order valence-electron chi connectivity index (χ0n) is 16.3. The zero-order valence-corrected chi connectivity index (χ0v) is 18.8. The Labute approximate surface area is 175 Å². The van der Waals surface area contributed by atoms with Crippen LogP contribution in [0.15, 0.2) is 0 Å². The van der Waals surface area contributed by atoms with Gasteiger partial charge in [-0.3, -0.25) is 14.6 Å². The fourth-order valence-corrected chi connectivity index (χ4v) is 6.07. The molecule has 3 heterocycles. The number of rotatable bonds is 3. The Morgan fingerprint density at radius 1 is 1.07 bits per heavy atom. The lowest BCUT2D eigenvalue weighted by Gasteiger charge is -2.43. The molecular formula is C17H34Cl2N4O3S. The Balaban J connectivity index is 0.00000182. The van der Waals surface area contributed by atoms with Crippen LogP contribution in [-0.4, -0.2) is 98.4 Å². The highest BCUT2D eigenvalue weighted by molar-refractivity contribution is 7.91. The standard InChI is InChI=1S/C17H32N4O3S.2ClH/c1-17(2)13-19(5-3-15(17)18)11-16(22)21-8-6-20(7-9-21)14-4-10-25(23,24)12-14;;/h14-15H,3-13,18H2,1-2H3;2*1H. The van der Waals surface area contributed by atoms with Crippen molar-refractivity contribution in [3.63, 3.8) is 0 Å². The summed E-state index contributed by atoms with van der Waals surface area (Å²) in [6.07, 6.45) is 1.67. The molecule has 3 aliphatic heterocycles. The summed E-state index contributed by atoms with van der Waals surface area (Å²) in [6.45, 7) is 9.51. The van der Waals surface area contributed by atoms with Gasteiger partial charge in [0.1, 0.15) is 0 Å². The van der Waals surface area contributed by atoms with Crippen LogP contribution in [0.25, 0.3) is 0 Å². The van der Waals surface area contributed by atoms with Crippen molar-refractivity contribution >= 4 is 40.6 Å². The highest BCUT2D eigenvalue weighted by Crippen LogP contribution is 2.27. The molecule has 0 radical (unpaired) electrons. The second-order valence-corrected chi connectivity index (χ2v) is 10.8. The van der Waals surface area contributed by atoms with E-state index in [0.717, 1.165) is 39.0 Å². The Morgan fingerprint density at radius 3 is 2.22 bits per heavy atom. The number of nitrogens with two attached hydrogens (primary N) is 1. The van der Waals surface area contributed by atoms with E-state index in [1.807, 2.05) is 4.90 Å². The lowest BCUT2D eigenvalue weighted by molar-refractivity contribution is -0.135. The maximum atomic E-state index is 12.6. The van der Waals surface area contributed by atoms with E-state index in [1.54, 1.807) is 0 Å². The molecule has 2 unspecified atom stereocenters. The number of halogens is 2. The Kier molecular flexibility index (Phi) is 8.85. The maximum Gasteiger partial charge on any atom is 0.236 e. The second-order valence-electron chi connectivity index (χ2n) is 8.57. The van der Waals surface area contributed by atoms with Gasteiger partial charge >= 0.3 is 0 Å². The number of piperazine rings is 1. The molecule has 3 fully saturated rings. The number of piperidine rings is 1. The van der Waals surface area contributed by atoms with E-state index in [9.17, 15) is 13.2 Å². The first-order chi connectivity index (χ1) is 11.7. The number of nitrogens with zero attached hydrogens (tertiary/aromatic N) is 3. The van der Waals surface area contributed by atoms with Gasteiger partial charge in [0.25, 0.3) is 0 Å². The molecule has 3 rings (SSSR count). The molecule has 0 aliphatic carbocycles. The van der Waals surface area contributed by atoms with Crippen molar-refractivity contribution in [1.29, 1.82) is 0 Å². The molecule has 1 amide bonds. The molecule has 0 saturated carbocycles. The van der Waals surface area contributed by atoms with Crippen LogP contribution in [0.5, 0.6) is 0 Å². The van der Waals surface area contributed by atoms with Gasteiger partial charge in [0.05, 0.1) is 18.1 Å². The first kappa shape index (κ1) is 24.9. The predicted molar refractivity (Wildman–Crippen MR) is 113 cm³/mol. The number of carbonyl (C=O) groups excluding carboxylic acids is 1. The molecule has 0 bridgehead atoms. The average Bonchev–Trinajstić information content (AvgIpc) is 2.91. The van der Waals surface area contributed by atoms with Crippen LogP contribution >= 0.6 is 24.8 Å². The smallest absolute Gasteiger partial charge is 0.236 e. The molecule has 160 valence electrons. The number of carbonyl (C=O) groups is 1. The first-order valence-corrected chi connectivity index (χ1v) is 11.2. The third-order valence-corrected chi connectivity index (χ3v) is 7.89. The van der Waals surface area contributed by atoms with Gasteiger partial charge in [-0.05, 0) is 18.3 Å². The maximum absolute atomic E-state index is 12.6. The van der Waals surface area contributed by atoms with Crippen molar-refractivity contribution in [3.05, 3.63) is 0 Å². The van der Waals surface area contributed by atoms with Crippen LogP contribution < -0.4 is 5.73 Å². The van der Waals surface area contributed by atoms with Crippen molar-refractivity contribution in [1.82, 2.24) is 14.7 Å². The average molecular weight is 445 g/mol. The Bertz CT molecular complexity index is 609. The summed E-state index contributed by atoms with van der Waals surface area (Å²) >= 11 is 0. The molecule has 2 N–H and O–H groups in total. The lowest BCUT2D eigenvalue weighted by atomic mass is 9.80. The van der Waals surface area contributed by atoms with Crippen LogP contribution in [-0.2, 0) is 14.6 Å². The summed E-state index contributed by atoms with van der Waals surface area (Å²) in [5.41, 5.74) is 6.22. The van der Waals surface area contributed by atoms with Crippen molar-refractivity contribution in [2.75, 3.05) is 57.3 Å². The van der Waals surface area contributed by atoms with E-state index in [-0.39, 0.29) is 54.0 Å². The largest absolute Gasteiger partial charge is 0.339 e. The topological polar surface area (TPSA) is 87.0 Å². The van der Waals surface area contributed by atoms with E-state index in [4.69, 9.17) is 5.73 Å². The minimum atomic E-state index is -2.85. The summed E-state index contributed by atoms with van der Waals surface area (Å²) in [7, 11) is -2.85. The number of hydrogen-bond donors (Lipinski definition) is 1. The molecule has 10 heteroatoms. The zero-order chi connectivity index (χ0) is 18.2. The Hall–Kier alpha value is -0.120. The number of likely N-dealkylation sites (tertiary alicyclic amines) is 1. The third kappa shape index (κ3) is 6.18. The molecule has 0 aromatic rings. The SMILES string of the molecule is CC1(C)CN(CC(=O)N2CCN(C3CCS(=O)(=O)C3)CC2)CCC1N.Cl.Cl. The fraction of sp³-hybridized carbons (Fsp3) is 0.941. The quantitative estimate of drug-likeness (QED) is 0.669. The van der Waals surface area contributed by atoms with Gasteiger partial charge in [-0.2, -0.15) is 0 Å². The van der Waals surface area contributed by atoms with Crippen LogP contribution in [0.4, 0.5) is 0 Å². The summed E-state index contributed by atoms with van der Waals surface area (Å²) in [6, 6.07) is 0.344. The van der Waals surface area contributed by atoms with Gasteiger partial charge in [0, 0.05) is 51.4 Å². The summed E-state index contributed by atoms with van der Waals surface area (Å²) in [5.74, 6) is 0.776. The highest BCUT2D eigenvalue weighted by atomic mass is 35.5. The van der Waals surface area contributed by atoms with E-state index in [2.05, 4.69) is 23.6 Å². The van der Waals surface area contributed by atoms with Gasteiger partial charge in [-0.25, -0.2) is 8.42 Å². The lowest BCUT2D eigenvalue weighted by Crippen LogP contribution is -2.57. The molecular weight excluding hydrogens is 411 g/mol. The van der Waals surface area contributed by atoms with Crippen LogP contribution in [0, 0.1) is 5.41 Å². The van der Waals surface area contributed by atoms with Crippen molar-refractivity contribution in [2.24, 2.45) is 11.1 Å². The van der Waals surface area contributed by atoms with Crippen molar-refractivity contribution in [3.8, 4) is 0 Å². The number of sulfone groups is 1. The van der Waals surface area contributed by atoms with Gasteiger partial charge < -0.3 is 10.6 Å². The van der Waals surface area contributed by atoms with E-state index < -0.39 is 9.84 Å². The first-order valence-electron chi connectivity index (χ1n) is 9.36. The highest BCUT2D eigenvalue weighted by Gasteiger charge is 2.36. The van der Waals surface area contributed by atoms with Gasteiger partial charge in [-0.1, -0.05) is 13.8 Å². The predicted octanol–water partition coefficient (Wildman–Crippen LogP) is 0.221. The van der Waals surface area contributed by atoms with Crippen molar-refractivity contribution in [2.45, 2.75) is 38.8 Å². The van der Waals surface area contributed by atoms with Crippen LogP contribution in [0.3, 0.4) is 0 Å². The van der Waals surface area contributed by atoms with E-state index in [1.165, 1.54) is 0 Å². The molecule has 2 atom stereocenters. The monoisotopic (exact) mass is 444 g/mol. The minimum Gasteiger partial charge on any atom is -0.339 e. The van der Waals surface area contributed by atoms with Gasteiger partial charge in [-0.15, -0.1) is 24.8 Å². The molecule has 27 heavy (non-hydrogen) atoms. The third-order valence-electron chi connectivity index (χ3n) is 6.14. The minimum absolute atomic E-state index is 0. The van der Waals surface area contributed by atoms with Crippen molar-refractivity contribution < 1.29 is 13.2 Å². The fourth-order valence-electron chi connectivity index (χ4n) is 4.31. The van der Waals surface area contributed by atoms with Crippen LogP contribution in [0.1, 0.15) is 26.7 Å². The summed E-state index contributed by atoms with van der Waals surface area (Å²) in [5, 5.41) is 0. The summed E-state index contributed by atoms with van der Waals surface area (Å²) in [4.78, 5) is 19.0. The second kappa shape index (κ2) is 9.59. The molecule has 0 aromatic heterocycles. The normalized spacial score (nSPS) is 31.0. The van der Waals surface area contributed by atoms with E-state index >= 15 is 0 Å². The molecule has 0 spiro atoms. The Morgan fingerprint density at radius 2 is 1.70 bits per heavy atom. The molecule has 7 nitrogen and oxygen atoms in total.